The Labute approximate surface area is 221 Å². The molecule has 0 N–H and O–H groups in total. The molecule has 4 nitrogen and oxygen atoms in total. The largest absolute Gasteiger partial charge is 0.349 e. The maximum atomic E-state index is 12.4. The quantitative estimate of drug-likeness (QED) is 0.263. The summed E-state index contributed by atoms with van der Waals surface area (Å²) in [5, 5.41) is 0. The lowest BCUT2D eigenvalue weighted by molar-refractivity contribution is -0.688. The van der Waals surface area contributed by atoms with E-state index in [1.165, 1.54) is 27.8 Å². The van der Waals surface area contributed by atoms with Gasteiger partial charge in [-0.1, -0.05) is 68.4 Å². The number of aromatic nitrogens is 2. The summed E-state index contributed by atoms with van der Waals surface area (Å²) in [6, 6.07) is 28.1. The maximum absolute atomic E-state index is 12.4. The van der Waals surface area contributed by atoms with Crippen molar-refractivity contribution < 1.29 is 13.9 Å². The van der Waals surface area contributed by atoms with Gasteiger partial charge in [0.05, 0.1) is 0 Å². The Morgan fingerprint density at radius 3 is 1.68 bits per heavy atom. The average molecular weight is 494 g/mol. The molecular weight excluding hydrogens is 454 g/mol. The smallest absolute Gasteiger partial charge is 0.225 e. The van der Waals surface area contributed by atoms with Gasteiger partial charge in [0.1, 0.15) is 0 Å². The molecular formula is C33H39N3O+2. The maximum Gasteiger partial charge on any atom is 0.225 e. The first-order valence-corrected chi connectivity index (χ1v) is 13.3. The number of carbonyl (C=O) groups excluding carboxylic acids is 1. The van der Waals surface area contributed by atoms with E-state index in [4.69, 9.17) is 0 Å². The molecule has 2 heterocycles. The van der Waals surface area contributed by atoms with Gasteiger partial charge in [0.2, 0.25) is 5.91 Å². The molecule has 2 unspecified atom stereocenters. The fourth-order valence-corrected chi connectivity index (χ4v) is 4.84. The van der Waals surface area contributed by atoms with E-state index < -0.39 is 0 Å². The lowest BCUT2D eigenvalue weighted by Crippen LogP contribution is -2.33. The standard InChI is InChI=1S/C33H39N3O/c1-5-29(33(37)34(3)4)23-26(2)30-13-11-28(12-14-30)25-36-21-17-32(18-22-36)31-15-19-35(20-16-31)24-27-9-7-6-8-10-27/h6-22,26,29H,5,23-25H2,1-4H3/q+2. The molecule has 0 aliphatic heterocycles. The Hall–Kier alpha value is -3.79. The molecule has 0 saturated heterocycles. The second-order valence-corrected chi connectivity index (χ2v) is 10.2. The van der Waals surface area contributed by atoms with Crippen LogP contribution in [0.1, 0.15) is 49.3 Å². The van der Waals surface area contributed by atoms with E-state index in [-0.39, 0.29) is 11.8 Å². The Morgan fingerprint density at radius 2 is 1.22 bits per heavy atom. The summed E-state index contributed by atoms with van der Waals surface area (Å²) in [6.07, 6.45) is 10.3. The first kappa shape index (κ1) is 26.3. The summed E-state index contributed by atoms with van der Waals surface area (Å²) in [7, 11) is 3.69. The van der Waals surface area contributed by atoms with Gasteiger partial charge in [-0.05, 0) is 35.4 Å². The number of rotatable bonds is 10. The summed E-state index contributed by atoms with van der Waals surface area (Å²) in [5.74, 6) is 0.664. The normalized spacial score (nSPS) is 12.6. The van der Waals surface area contributed by atoms with Crippen LogP contribution in [0.5, 0.6) is 0 Å². The van der Waals surface area contributed by atoms with Crippen molar-refractivity contribution >= 4 is 5.91 Å². The Morgan fingerprint density at radius 1 is 0.730 bits per heavy atom. The monoisotopic (exact) mass is 493 g/mol. The number of benzene rings is 2. The minimum atomic E-state index is 0.0809. The highest BCUT2D eigenvalue weighted by Gasteiger charge is 2.21. The molecule has 0 radical (unpaired) electrons. The fraction of sp³-hybridized carbons (Fsp3) is 0.303. The van der Waals surface area contributed by atoms with Gasteiger partial charge in [-0.3, -0.25) is 4.79 Å². The van der Waals surface area contributed by atoms with Crippen molar-refractivity contribution in [1.29, 1.82) is 0 Å². The van der Waals surface area contributed by atoms with Crippen LogP contribution in [0.4, 0.5) is 0 Å². The van der Waals surface area contributed by atoms with Gasteiger partial charge in [0.25, 0.3) is 0 Å². The van der Waals surface area contributed by atoms with Gasteiger partial charge >= 0.3 is 0 Å². The van der Waals surface area contributed by atoms with Crippen molar-refractivity contribution in [3.63, 3.8) is 0 Å². The predicted molar refractivity (Wildman–Crippen MR) is 149 cm³/mol. The van der Waals surface area contributed by atoms with Gasteiger partial charge in [0, 0.05) is 55.4 Å². The zero-order valence-corrected chi connectivity index (χ0v) is 22.5. The molecule has 4 aromatic rings. The zero-order valence-electron chi connectivity index (χ0n) is 22.5. The van der Waals surface area contributed by atoms with Crippen molar-refractivity contribution in [3.05, 3.63) is 120 Å². The summed E-state index contributed by atoms with van der Waals surface area (Å²) < 4.78 is 4.41. The molecule has 2 aromatic heterocycles. The van der Waals surface area contributed by atoms with Crippen LogP contribution < -0.4 is 9.13 Å². The number of hydrogen-bond donors (Lipinski definition) is 0. The van der Waals surface area contributed by atoms with E-state index >= 15 is 0 Å². The fourth-order valence-electron chi connectivity index (χ4n) is 4.84. The second-order valence-electron chi connectivity index (χ2n) is 10.2. The molecule has 37 heavy (non-hydrogen) atoms. The Balaban J connectivity index is 1.34. The van der Waals surface area contributed by atoms with E-state index in [1.807, 2.05) is 14.1 Å². The molecule has 0 bridgehead atoms. The number of nitrogens with zero attached hydrogens (tertiary/aromatic N) is 3. The minimum absolute atomic E-state index is 0.0809. The van der Waals surface area contributed by atoms with Crippen LogP contribution in [0.25, 0.3) is 11.1 Å². The Kier molecular flexibility index (Phi) is 8.84. The van der Waals surface area contributed by atoms with E-state index in [2.05, 4.69) is 127 Å². The summed E-state index contributed by atoms with van der Waals surface area (Å²) in [5.41, 5.74) is 6.29. The van der Waals surface area contributed by atoms with Crippen LogP contribution >= 0.6 is 0 Å². The number of hydrogen-bond acceptors (Lipinski definition) is 1. The molecule has 2 aromatic carbocycles. The van der Waals surface area contributed by atoms with Crippen molar-refractivity contribution in [2.24, 2.45) is 5.92 Å². The molecule has 190 valence electrons. The van der Waals surface area contributed by atoms with E-state index in [9.17, 15) is 4.79 Å². The van der Waals surface area contributed by atoms with E-state index in [0.717, 1.165) is 25.9 Å². The van der Waals surface area contributed by atoms with Gasteiger partial charge < -0.3 is 4.90 Å². The van der Waals surface area contributed by atoms with Crippen LogP contribution in [-0.2, 0) is 17.9 Å². The van der Waals surface area contributed by atoms with Crippen LogP contribution in [0, 0.1) is 5.92 Å². The van der Waals surface area contributed by atoms with Gasteiger partial charge in [0.15, 0.2) is 37.9 Å². The molecule has 0 saturated carbocycles. The molecule has 2 atom stereocenters. The van der Waals surface area contributed by atoms with E-state index in [1.54, 1.807) is 4.90 Å². The van der Waals surface area contributed by atoms with Crippen molar-refractivity contribution in [3.8, 4) is 11.1 Å². The SMILES string of the molecule is CCC(CC(C)c1ccc(C[n+]2ccc(-c3cc[n+](Cc4ccccc4)cc3)cc2)cc1)C(=O)N(C)C. The zero-order chi connectivity index (χ0) is 26.2. The molecule has 0 spiro atoms. The highest BCUT2D eigenvalue weighted by atomic mass is 16.2. The number of amides is 1. The lowest BCUT2D eigenvalue weighted by atomic mass is 9.88. The third-order valence-corrected chi connectivity index (χ3v) is 7.16. The first-order valence-electron chi connectivity index (χ1n) is 13.3. The van der Waals surface area contributed by atoms with Crippen molar-refractivity contribution in [1.82, 2.24) is 4.90 Å². The lowest BCUT2D eigenvalue weighted by Gasteiger charge is -2.22. The third kappa shape index (κ3) is 7.13. The first-order chi connectivity index (χ1) is 17.9. The van der Waals surface area contributed by atoms with Crippen LogP contribution in [0.15, 0.2) is 104 Å². The summed E-state index contributed by atoms with van der Waals surface area (Å²) in [6.45, 7) is 6.03. The van der Waals surface area contributed by atoms with Crippen molar-refractivity contribution in [2.75, 3.05) is 14.1 Å². The topological polar surface area (TPSA) is 28.1 Å². The van der Waals surface area contributed by atoms with E-state index in [0.29, 0.717) is 5.92 Å². The third-order valence-electron chi connectivity index (χ3n) is 7.16. The van der Waals surface area contributed by atoms with Crippen molar-refractivity contribution in [2.45, 2.75) is 45.7 Å². The predicted octanol–water partition coefficient (Wildman–Crippen LogP) is 5.63. The minimum Gasteiger partial charge on any atom is -0.349 e. The molecule has 0 aliphatic carbocycles. The van der Waals surface area contributed by atoms with Crippen LogP contribution in [0.3, 0.4) is 0 Å². The molecule has 4 heteroatoms. The average Bonchev–Trinajstić information content (AvgIpc) is 2.93. The molecule has 0 aliphatic rings. The van der Waals surface area contributed by atoms with Gasteiger partial charge in [-0.25, -0.2) is 9.13 Å². The molecule has 4 rings (SSSR count). The highest BCUT2D eigenvalue weighted by molar-refractivity contribution is 5.78. The highest BCUT2D eigenvalue weighted by Crippen LogP contribution is 2.26. The number of pyridine rings is 2. The van der Waals surface area contributed by atoms with Gasteiger partial charge in [-0.15, -0.1) is 0 Å². The van der Waals surface area contributed by atoms with Crippen LogP contribution in [0.2, 0.25) is 0 Å². The van der Waals surface area contributed by atoms with Gasteiger partial charge in [-0.2, -0.15) is 0 Å². The van der Waals surface area contributed by atoms with Crippen LogP contribution in [-0.4, -0.2) is 24.9 Å². The summed E-state index contributed by atoms with van der Waals surface area (Å²) >= 11 is 0. The summed E-state index contributed by atoms with van der Waals surface area (Å²) in [4.78, 5) is 14.1. The molecule has 0 fully saturated rings. The number of carbonyl (C=O) groups is 1. The second kappa shape index (κ2) is 12.4. The Bertz CT molecular complexity index is 1260. The molecule has 1 amide bonds.